The van der Waals surface area contributed by atoms with Crippen molar-refractivity contribution < 1.29 is 4.79 Å². The largest absolute Gasteiger partial charge is 0.388 e. The fourth-order valence-electron chi connectivity index (χ4n) is 1.80. The quantitative estimate of drug-likeness (QED) is 0.812. The van der Waals surface area contributed by atoms with Crippen LogP contribution in [0.3, 0.4) is 0 Å². The van der Waals surface area contributed by atoms with E-state index in [0.717, 1.165) is 16.8 Å². The zero-order chi connectivity index (χ0) is 12.3. The van der Waals surface area contributed by atoms with Crippen LogP contribution < -0.4 is 5.32 Å². The van der Waals surface area contributed by atoms with Crippen molar-refractivity contribution in [2.24, 2.45) is 0 Å². The van der Waals surface area contributed by atoms with Gasteiger partial charge in [-0.2, -0.15) is 0 Å². The van der Waals surface area contributed by atoms with Gasteiger partial charge in [0.25, 0.3) is 0 Å². The van der Waals surface area contributed by atoms with Gasteiger partial charge in [0.2, 0.25) is 0 Å². The predicted molar refractivity (Wildman–Crippen MR) is 70.6 cm³/mol. The van der Waals surface area contributed by atoms with Gasteiger partial charge < -0.3 is 5.32 Å². The van der Waals surface area contributed by atoms with Crippen LogP contribution in [0.1, 0.15) is 21.5 Å². The van der Waals surface area contributed by atoms with Crippen molar-refractivity contribution in [3.8, 4) is 0 Å². The molecule has 0 bridgehead atoms. The third-order valence-corrected chi connectivity index (χ3v) is 2.80. The number of ketones is 1. The molecular weight excluding hydrogens is 210 g/mol. The molecule has 0 saturated heterocycles. The molecule has 0 saturated carbocycles. The van der Waals surface area contributed by atoms with Crippen LogP contribution in [0.2, 0.25) is 0 Å². The predicted octanol–water partition coefficient (Wildman–Crippen LogP) is 3.27. The lowest BCUT2D eigenvalue weighted by Crippen LogP contribution is -2.04. The van der Waals surface area contributed by atoms with E-state index in [1.807, 2.05) is 62.5 Å². The van der Waals surface area contributed by atoms with Gasteiger partial charge in [-0.1, -0.05) is 36.4 Å². The summed E-state index contributed by atoms with van der Waals surface area (Å²) in [6.07, 6.45) is 0. The maximum Gasteiger partial charge on any atom is 0.193 e. The lowest BCUT2D eigenvalue weighted by atomic mass is 9.99. The Morgan fingerprint density at radius 2 is 1.82 bits per heavy atom. The number of rotatable bonds is 3. The second kappa shape index (κ2) is 4.83. The number of hydrogen-bond acceptors (Lipinski definition) is 2. The standard InChI is InChI=1S/C15H15NO/c1-11-6-3-4-9-14(11)15(17)12-7-5-8-13(10-12)16-2/h3-10,16H,1-2H3. The second-order valence-electron chi connectivity index (χ2n) is 3.97. The number of aryl methyl sites for hydroxylation is 1. The fourth-order valence-corrected chi connectivity index (χ4v) is 1.80. The maximum absolute atomic E-state index is 12.3. The average molecular weight is 225 g/mol. The first-order chi connectivity index (χ1) is 8.22. The molecule has 2 aromatic rings. The highest BCUT2D eigenvalue weighted by Crippen LogP contribution is 2.16. The molecule has 0 fully saturated rings. The van der Waals surface area contributed by atoms with Crippen LogP contribution in [-0.4, -0.2) is 12.8 Å². The Kier molecular flexibility index (Phi) is 3.24. The third kappa shape index (κ3) is 2.36. The minimum absolute atomic E-state index is 0.0696. The molecule has 2 heteroatoms. The molecule has 2 nitrogen and oxygen atoms in total. The summed E-state index contributed by atoms with van der Waals surface area (Å²) < 4.78 is 0. The van der Waals surface area contributed by atoms with E-state index < -0.39 is 0 Å². The lowest BCUT2D eigenvalue weighted by molar-refractivity contribution is 0.103. The van der Waals surface area contributed by atoms with Gasteiger partial charge >= 0.3 is 0 Å². The minimum Gasteiger partial charge on any atom is -0.388 e. The molecule has 0 aliphatic carbocycles. The average Bonchev–Trinajstić information content (AvgIpc) is 2.38. The summed E-state index contributed by atoms with van der Waals surface area (Å²) in [4.78, 5) is 12.3. The van der Waals surface area contributed by atoms with E-state index in [1.165, 1.54) is 0 Å². The molecule has 2 aromatic carbocycles. The Labute approximate surface area is 101 Å². The van der Waals surface area contributed by atoms with Gasteiger partial charge in [-0.25, -0.2) is 0 Å². The second-order valence-corrected chi connectivity index (χ2v) is 3.97. The van der Waals surface area contributed by atoms with Gasteiger partial charge in [0, 0.05) is 23.9 Å². The van der Waals surface area contributed by atoms with Gasteiger partial charge in [0.15, 0.2) is 5.78 Å². The van der Waals surface area contributed by atoms with Crippen molar-refractivity contribution in [2.45, 2.75) is 6.92 Å². The molecule has 1 N–H and O–H groups in total. The topological polar surface area (TPSA) is 29.1 Å². The van der Waals surface area contributed by atoms with Gasteiger partial charge in [-0.3, -0.25) is 4.79 Å². The van der Waals surface area contributed by atoms with E-state index in [-0.39, 0.29) is 5.78 Å². The highest BCUT2D eigenvalue weighted by Gasteiger charge is 2.10. The number of anilines is 1. The molecule has 0 amide bonds. The van der Waals surface area contributed by atoms with Crippen molar-refractivity contribution in [3.63, 3.8) is 0 Å². The maximum atomic E-state index is 12.3. The summed E-state index contributed by atoms with van der Waals surface area (Å²) in [6, 6.07) is 15.2. The Morgan fingerprint density at radius 3 is 2.53 bits per heavy atom. The molecule has 0 atom stereocenters. The molecule has 0 radical (unpaired) electrons. The summed E-state index contributed by atoms with van der Waals surface area (Å²) in [6.45, 7) is 1.95. The van der Waals surface area contributed by atoms with Crippen molar-refractivity contribution in [2.75, 3.05) is 12.4 Å². The lowest BCUT2D eigenvalue weighted by Gasteiger charge is -2.06. The summed E-state index contributed by atoms with van der Waals surface area (Å²) in [5, 5.41) is 3.04. The molecule has 0 spiro atoms. The van der Waals surface area contributed by atoms with Crippen LogP contribution in [0.15, 0.2) is 48.5 Å². The van der Waals surface area contributed by atoms with Gasteiger partial charge in [0.1, 0.15) is 0 Å². The van der Waals surface area contributed by atoms with Crippen LogP contribution in [0.25, 0.3) is 0 Å². The first-order valence-corrected chi connectivity index (χ1v) is 5.60. The monoisotopic (exact) mass is 225 g/mol. The normalized spacial score (nSPS) is 10.0. The van der Waals surface area contributed by atoms with Crippen molar-refractivity contribution in [3.05, 3.63) is 65.2 Å². The Balaban J connectivity index is 2.40. The van der Waals surface area contributed by atoms with Gasteiger partial charge in [-0.05, 0) is 24.6 Å². The SMILES string of the molecule is CNc1cccc(C(=O)c2ccccc2C)c1. The molecule has 2 rings (SSSR count). The van der Waals surface area contributed by atoms with Crippen molar-refractivity contribution in [1.29, 1.82) is 0 Å². The summed E-state index contributed by atoms with van der Waals surface area (Å²) in [5.74, 6) is 0.0696. The third-order valence-electron chi connectivity index (χ3n) is 2.80. The van der Waals surface area contributed by atoms with Crippen molar-refractivity contribution >= 4 is 11.5 Å². The van der Waals surface area contributed by atoms with Crippen LogP contribution >= 0.6 is 0 Å². The Bertz CT molecular complexity index is 546. The summed E-state index contributed by atoms with van der Waals surface area (Å²) in [7, 11) is 1.84. The number of nitrogens with one attached hydrogen (secondary N) is 1. The first-order valence-electron chi connectivity index (χ1n) is 5.60. The van der Waals surface area contributed by atoms with E-state index in [2.05, 4.69) is 5.32 Å². The van der Waals surface area contributed by atoms with Crippen LogP contribution in [-0.2, 0) is 0 Å². The zero-order valence-corrected chi connectivity index (χ0v) is 10.0. The van der Waals surface area contributed by atoms with E-state index in [0.29, 0.717) is 5.56 Å². The van der Waals surface area contributed by atoms with E-state index in [4.69, 9.17) is 0 Å². The molecule has 0 aliphatic heterocycles. The molecule has 0 aromatic heterocycles. The van der Waals surface area contributed by atoms with Crippen LogP contribution in [0.4, 0.5) is 5.69 Å². The minimum atomic E-state index is 0.0696. The van der Waals surface area contributed by atoms with E-state index in [1.54, 1.807) is 0 Å². The van der Waals surface area contributed by atoms with Crippen molar-refractivity contribution in [1.82, 2.24) is 0 Å². The molecule has 0 aliphatic rings. The van der Waals surface area contributed by atoms with Gasteiger partial charge in [-0.15, -0.1) is 0 Å². The molecule has 17 heavy (non-hydrogen) atoms. The van der Waals surface area contributed by atoms with E-state index in [9.17, 15) is 4.79 Å². The number of carbonyl (C=O) groups excluding carboxylic acids is 1. The number of benzene rings is 2. The number of carbonyl (C=O) groups is 1. The first kappa shape index (κ1) is 11.4. The molecular formula is C15H15NO. The Hall–Kier alpha value is -2.09. The molecule has 86 valence electrons. The zero-order valence-electron chi connectivity index (χ0n) is 10.0. The smallest absolute Gasteiger partial charge is 0.193 e. The summed E-state index contributed by atoms with van der Waals surface area (Å²) in [5.41, 5.74) is 3.43. The van der Waals surface area contributed by atoms with Gasteiger partial charge in [0.05, 0.1) is 0 Å². The van der Waals surface area contributed by atoms with E-state index >= 15 is 0 Å². The molecule has 0 unspecified atom stereocenters. The fraction of sp³-hybridized carbons (Fsp3) is 0.133. The van der Waals surface area contributed by atoms with Crippen LogP contribution in [0.5, 0.6) is 0 Å². The number of hydrogen-bond donors (Lipinski definition) is 1. The highest BCUT2D eigenvalue weighted by molar-refractivity contribution is 6.10. The molecule has 0 heterocycles. The summed E-state index contributed by atoms with van der Waals surface area (Å²) >= 11 is 0. The van der Waals surface area contributed by atoms with Crippen LogP contribution in [0, 0.1) is 6.92 Å². The highest BCUT2D eigenvalue weighted by atomic mass is 16.1. The Morgan fingerprint density at radius 1 is 1.06 bits per heavy atom.